The lowest BCUT2D eigenvalue weighted by atomic mass is 10.0. The Hall–Kier alpha value is -0.853. The van der Waals surface area contributed by atoms with Crippen LogP contribution in [0.2, 0.25) is 18.1 Å². The number of hydroxylamine groups is 2. The molecule has 0 aromatic heterocycles. The number of carboxylic acid groups (broad SMARTS) is 1. The molecule has 32 heavy (non-hydrogen) atoms. The fourth-order valence-electron chi connectivity index (χ4n) is 3.47. The van der Waals surface area contributed by atoms with Crippen molar-refractivity contribution < 1.29 is 19.5 Å². The minimum absolute atomic E-state index is 0.116. The van der Waals surface area contributed by atoms with Crippen molar-refractivity contribution >= 4 is 14.4 Å². The summed E-state index contributed by atoms with van der Waals surface area (Å²) in [6.07, 6.45) is 17.6. The number of hydrogen-bond acceptors (Lipinski definition) is 3. The van der Waals surface area contributed by atoms with E-state index in [0.29, 0.717) is 6.42 Å². The maximum atomic E-state index is 11.9. The van der Waals surface area contributed by atoms with Crippen molar-refractivity contribution in [2.45, 2.75) is 148 Å². The molecule has 0 saturated heterocycles. The average Bonchev–Trinajstić information content (AvgIpc) is 2.70. The van der Waals surface area contributed by atoms with Crippen molar-refractivity contribution in [1.29, 1.82) is 0 Å². The van der Waals surface area contributed by atoms with E-state index >= 15 is 0 Å². The molecule has 5 nitrogen and oxygen atoms in total. The van der Waals surface area contributed by atoms with E-state index in [1.165, 1.54) is 64.2 Å². The lowest BCUT2D eigenvalue weighted by Gasteiger charge is -2.41. The second kappa shape index (κ2) is 16.7. The number of nitrogens with zero attached hydrogens (tertiary/aromatic N) is 1. The van der Waals surface area contributed by atoms with Gasteiger partial charge in [0.1, 0.15) is 0 Å². The van der Waals surface area contributed by atoms with Gasteiger partial charge in [-0.05, 0) is 37.4 Å². The highest BCUT2D eigenvalue weighted by molar-refractivity contribution is 6.74. The average molecular weight is 472 g/mol. The first kappa shape index (κ1) is 31.1. The molecule has 0 spiro atoms. The van der Waals surface area contributed by atoms with E-state index in [9.17, 15) is 15.0 Å². The van der Waals surface area contributed by atoms with Gasteiger partial charge in [0, 0.05) is 0 Å². The molecular formula is C26H53NO4Si. The van der Waals surface area contributed by atoms with Crippen LogP contribution in [-0.2, 0) is 4.53 Å². The van der Waals surface area contributed by atoms with Gasteiger partial charge in [-0.2, -0.15) is 5.06 Å². The molecule has 0 rings (SSSR count). The largest absolute Gasteiger partial charge is 0.463 e. The van der Waals surface area contributed by atoms with Crippen LogP contribution in [-0.4, -0.2) is 41.8 Å². The fourth-order valence-corrected chi connectivity index (χ4v) is 4.45. The van der Waals surface area contributed by atoms with Gasteiger partial charge in [-0.15, -0.1) is 0 Å². The molecule has 190 valence electrons. The Kier molecular flexibility index (Phi) is 16.3. The number of allylic oxidation sites excluding steroid dienone is 1. The number of unbranched alkanes of at least 4 members (excludes halogenated alkanes) is 11. The summed E-state index contributed by atoms with van der Waals surface area (Å²) in [6, 6.07) is -0.602. The second-order valence-corrected chi connectivity index (χ2v) is 15.4. The standard InChI is InChI=1S/C26H53NO4Si/c1-8-10-11-12-13-14-15-16-17-18-19-20-21-22-24(28)23(9-2)27(25(29)30)31-32(6,7)26(3,4)5/h21-24,28H,8-20H2,1-7H3,(H,29,30)/t23-,24+/m1/s1. The Balaban J connectivity index is 4.32. The topological polar surface area (TPSA) is 70.0 Å². The van der Waals surface area contributed by atoms with Crippen molar-refractivity contribution in [3.8, 4) is 0 Å². The zero-order valence-corrected chi connectivity index (χ0v) is 23.2. The van der Waals surface area contributed by atoms with Crippen LogP contribution in [0, 0.1) is 0 Å². The van der Waals surface area contributed by atoms with Crippen LogP contribution in [0.15, 0.2) is 12.2 Å². The summed E-state index contributed by atoms with van der Waals surface area (Å²) in [5.41, 5.74) is 0. The molecular weight excluding hydrogens is 418 g/mol. The third-order valence-electron chi connectivity index (χ3n) is 6.74. The summed E-state index contributed by atoms with van der Waals surface area (Å²) in [4.78, 5) is 11.9. The van der Waals surface area contributed by atoms with Gasteiger partial charge in [0.25, 0.3) is 0 Å². The highest BCUT2D eigenvalue weighted by atomic mass is 28.4. The molecule has 0 unspecified atom stereocenters. The third kappa shape index (κ3) is 13.0. The Morgan fingerprint density at radius 1 is 0.938 bits per heavy atom. The zero-order valence-electron chi connectivity index (χ0n) is 22.2. The summed E-state index contributed by atoms with van der Waals surface area (Å²) in [6.45, 7) is 14.4. The van der Waals surface area contributed by atoms with Crippen LogP contribution in [0.3, 0.4) is 0 Å². The SMILES string of the molecule is CCCCCCCCCCCCCC=C[C@H](O)[C@@H](CC)N(O[Si](C)(C)C(C)(C)C)C(=O)O. The fraction of sp³-hybridized carbons (Fsp3) is 0.885. The molecule has 0 aliphatic heterocycles. The minimum atomic E-state index is -2.32. The summed E-state index contributed by atoms with van der Waals surface area (Å²) in [5, 5.41) is 21.3. The van der Waals surface area contributed by atoms with E-state index in [1.54, 1.807) is 6.08 Å². The summed E-state index contributed by atoms with van der Waals surface area (Å²) in [7, 11) is -2.32. The van der Waals surface area contributed by atoms with Crippen LogP contribution in [0.25, 0.3) is 0 Å². The molecule has 1 amide bonds. The normalized spacial score (nSPS) is 14.6. The van der Waals surface area contributed by atoms with Gasteiger partial charge >= 0.3 is 6.09 Å². The van der Waals surface area contributed by atoms with Gasteiger partial charge in [0.15, 0.2) is 0 Å². The predicted octanol–water partition coefficient (Wildman–Crippen LogP) is 8.30. The number of aliphatic hydroxyl groups is 1. The van der Waals surface area contributed by atoms with Crippen molar-refractivity contribution in [2.24, 2.45) is 0 Å². The van der Waals surface area contributed by atoms with Crippen LogP contribution in [0.1, 0.15) is 118 Å². The molecule has 0 radical (unpaired) electrons. The van der Waals surface area contributed by atoms with Crippen molar-refractivity contribution in [3.05, 3.63) is 12.2 Å². The monoisotopic (exact) mass is 471 g/mol. The van der Waals surface area contributed by atoms with E-state index < -0.39 is 26.6 Å². The van der Waals surface area contributed by atoms with Gasteiger partial charge in [-0.25, -0.2) is 4.79 Å². The van der Waals surface area contributed by atoms with Gasteiger partial charge in [-0.1, -0.05) is 111 Å². The van der Waals surface area contributed by atoms with Gasteiger partial charge in [-0.3, -0.25) is 0 Å². The quantitative estimate of drug-likeness (QED) is 0.0912. The Morgan fingerprint density at radius 2 is 1.41 bits per heavy atom. The van der Waals surface area contributed by atoms with Gasteiger partial charge in [0.05, 0.1) is 12.1 Å². The first-order chi connectivity index (χ1) is 15.0. The van der Waals surface area contributed by atoms with Crippen molar-refractivity contribution in [1.82, 2.24) is 5.06 Å². The number of hydrogen-bond donors (Lipinski definition) is 2. The van der Waals surface area contributed by atoms with Crippen molar-refractivity contribution in [3.63, 3.8) is 0 Å². The van der Waals surface area contributed by atoms with E-state index in [4.69, 9.17) is 4.53 Å². The molecule has 0 aromatic carbocycles. The molecule has 0 heterocycles. The number of amides is 1. The summed E-state index contributed by atoms with van der Waals surface area (Å²) < 4.78 is 6.04. The van der Waals surface area contributed by atoms with Gasteiger partial charge in [0.2, 0.25) is 8.32 Å². The lowest BCUT2D eigenvalue weighted by molar-refractivity contribution is -0.105. The summed E-state index contributed by atoms with van der Waals surface area (Å²) in [5.74, 6) is 0. The molecule has 0 aliphatic rings. The van der Waals surface area contributed by atoms with E-state index in [1.807, 2.05) is 26.1 Å². The predicted molar refractivity (Wildman–Crippen MR) is 138 cm³/mol. The lowest BCUT2D eigenvalue weighted by Crippen LogP contribution is -2.54. The maximum absolute atomic E-state index is 11.9. The molecule has 0 fully saturated rings. The van der Waals surface area contributed by atoms with Gasteiger partial charge < -0.3 is 14.7 Å². The first-order valence-electron chi connectivity index (χ1n) is 13.0. The summed E-state index contributed by atoms with van der Waals surface area (Å²) >= 11 is 0. The molecule has 0 bridgehead atoms. The van der Waals surface area contributed by atoms with E-state index in [2.05, 4.69) is 27.7 Å². The van der Waals surface area contributed by atoms with Crippen LogP contribution < -0.4 is 0 Å². The van der Waals surface area contributed by atoms with E-state index in [0.717, 1.165) is 17.9 Å². The Morgan fingerprint density at radius 3 is 1.81 bits per heavy atom. The van der Waals surface area contributed by atoms with Crippen molar-refractivity contribution in [2.75, 3.05) is 0 Å². The van der Waals surface area contributed by atoms with Crippen LogP contribution in [0.4, 0.5) is 4.79 Å². The Bertz CT molecular complexity index is 516. The Labute approximate surface area is 199 Å². The highest BCUT2D eigenvalue weighted by Crippen LogP contribution is 2.37. The molecule has 0 aromatic rings. The number of rotatable bonds is 18. The first-order valence-corrected chi connectivity index (χ1v) is 15.9. The number of carbonyl (C=O) groups is 1. The highest BCUT2D eigenvalue weighted by Gasteiger charge is 2.43. The molecule has 6 heteroatoms. The molecule has 0 saturated carbocycles. The smallest absolute Gasteiger partial charge is 0.430 e. The van der Waals surface area contributed by atoms with E-state index in [-0.39, 0.29) is 5.04 Å². The van der Waals surface area contributed by atoms with Crippen LogP contribution >= 0.6 is 0 Å². The zero-order chi connectivity index (χ0) is 24.6. The third-order valence-corrected chi connectivity index (χ3v) is 11.0. The minimum Gasteiger partial charge on any atom is -0.463 e. The second-order valence-electron chi connectivity index (χ2n) is 10.7. The molecule has 0 aliphatic carbocycles. The maximum Gasteiger partial charge on any atom is 0.430 e. The number of aliphatic hydroxyl groups excluding tert-OH is 1. The molecule has 2 atom stereocenters. The molecule has 2 N–H and O–H groups in total. The van der Waals surface area contributed by atoms with Crippen LogP contribution in [0.5, 0.6) is 0 Å².